The van der Waals surface area contributed by atoms with Crippen LogP contribution in [0.15, 0.2) is 59.1 Å². The first-order chi connectivity index (χ1) is 16.1. The van der Waals surface area contributed by atoms with Gasteiger partial charge in [-0.2, -0.15) is 14.4 Å². The standard InChI is InChI=1S/C21H16ClFN4O6/c1-29-26-18(21-27-31-9-8-30-21)13-4-2-3-5-15(13)32-19-17(23)20(25-11-24-19)33-16-7-6-12(28)10-14(16)22/h2-7,10-11,28H,8-9H2,1H3/b26-18+. The topological polar surface area (TPSA) is 117 Å². The van der Waals surface area contributed by atoms with Crippen LogP contribution in [0.3, 0.4) is 0 Å². The second kappa shape index (κ2) is 10.0. The summed E-state index contributed by atoms with van der Waals surface area (Å²) < 4.78 is 31.7. The number of aromatic nitrogens is 2. The van der Waals surface area contributed by atoms with Gasteiger partial charge >= 0.3 is 0 Å². The van der Waals surface area contributed by atoms with Crippen LogP contribution < -0.4 is 9.47 Å². The Bertz CT molecular complexity index is 1220. The van der Waals surface area contributed by atoms with Gasteiger partial charge in [-0.1, -0.05) is 28.9 Å². The van der Waals surface area contributed by atoms with Crippen molar-refractivity contribution in [1.82, 2.24) is 9.97 Å². The van der Waals surface area contributed by atoms with E-state index in [2.05, 4.69) is 20.3 Å². The van der Waals surface area contributed by atoms with E-state index in [1.54, 1.807) is 24.3 Å². The number of oxime groups is 2. The van der Waals surface area contributed by atoms with Crippen molar-refractivity contribution in [1.29, 1.82) is 0 Å². The van der Waals surface area contributed by atoms with Gasteiger partial charge in [-0.15, -0.1) is 0 Å². The van der Waals surface area contributed by atoms with Crippen molar-refractivity contribution in [2.75, 3.05) is 20.3 Å². The van der Waals surface area contributed by atoms with Gasteiger partial charge < -0.3 is 29.0 Å². The Morgan fingerprint density at radius 2 is 1.85 bits per heavy atom. The molecular formula is C21H16ClFN4O6. The lowest BCUT2D eigenvalue weighted by atomic mass is 10.1. The van der Waals surface area contributed by atoms with Crippen LogP contribution in [-0.2, 0) is 14.4 Å². The highest BCUT2D eigenvalue weighted by Gasteiger charge is 2.24. The molecule has 0 saturated heterocycles. The number of hydrogen-bond donors (Lipinski definition) is 1. The molecule has 0 spiro atoms. The molecule has 2 aromatic carbocycles. The van der Waals surface area contributed by atoms with E-state index in [1.807, 2.05) is 0 Å². The zero-order valence-corrected chi connectivity index (χ0v) is 17.8. The van der Waals surface area contributed by atoms with Gasteiger partial charge in [0.05, 0.1) is 10.6 Å². The summed E-state index contributed by atoms with van der Waals surface area (Å²) in [6.07, 6.45) is 1.07. The molecule has 2 heterocycles. The fraction of sp³-hybridized carbons (Fsp3) is 0.143. The number of rotatable bonds is 7. The van der Waals surface area contributed by atoms with Gasteiger partial charge in [0, 0.05) is 6.07 Å². The molecule has 0 aliphatic carbocycles. The predicted molar refractivity (Wildman–Crippen MR) is 115 cm³/mol. The van der Waals surface area contributed by atoms with Crippen LogP contribution in [0.25, 0.3) is 0 Å². The lowest BCUT2D eigenvalue weighted by Crippen LogP contribution is -2.25. The molecule has 0 saturated carbocycles. The molecule has 170 valence electrons. The fourth-order valence-corrected chi connectivity index (χ4v) is 2.94. The van der Waals surface area contributed by atoms with Crippen LogP contribution in [0.5, 0.6) is 29.0 Å². The van der Waals surface area contributed by atoms with Crippen LogP contribution in [-0.4, -0.2) is 47.0 Å². The molecule has 0 radical (unpaired) electrons. The van der Waals surface area contributed by atoms with E-state index in [1.165, 1.54) is 25.3 Å². The normalized spacial score (nSPS) is 13.4. The Morgan fingerprint density at radius 1 is 1.09 bits per heavy atom. The van der Waals surface area contributed by atoms with Crippen LogP contribution in [0, 0.1) is 5.82 Å². The first kappa shape index (κ1) is 22.1. The molecule has 4 rings (SSSR count). The number of nitrogens with zero attached hydrogens (tertiary/aromatic N) is 4. The number of benzene rings is 2. The van der Waals surface area contributed by atoms with Gasteiger partial charge in [-0.25, -0.2) is 0 Å². The average Bonchev–Trinajstić information content (AvgIpc) is 2.83. The van der Waals surface area contributed by atoms with Crippen molar-refractivity contribution in [2.45, 2.75) is 0 Å². The van der Waals surface area contributed by atoms with E-state index in [4.69, 9.17) is 35.5 Å². The Morgan fingerprint density at radius 3 is 2.55 bits per heavy atom. The maximum Gasteiger partial charge on any atom is 0.280 e. The number of halogens is 2. The van der Waals surface area contributed by atoms with E-state index in [0.29, 0.717) is 12.2 Å². The minimum atomic E-state index is -0.976. The summed E-state index contributed by atoms with van der Waals surface area (Å²) in [5.74, 6) is -1.55. The highest BCUT2D eigenvalue weighted by atomic mass is 35.5. The summed E-state index contributed by atoms with van der Waals surface area (Å²) in [6.45, 7) is 0.563. The van der Waals surface area contributed by atoms with Gasteiger partial charge in [0.15, 0.2) is 12.3 Å². The smallest absolute Gasteiger partial charge is 0.280 e. The molecule has 12 heteroatoms. The van der Waals surface area contributed by atoms with E-state index in [-0.39, 0.29) is 40.5 Å². The minimum Gasteiger partial charge on any atom is -0.508 e. The molecule has 3 aromatic rings. The second-order valence-corrected chi connectivity index (χ2v) is 6.72. The van der Waals surface area contributed by atoms with Crippen LogP contribution in [0.2, 0.25) is 5.02 Å². The summed E-state index contributed by atoms with van der Waals surface area (Å²) in [4.78, 5) is 17.6. The maximum atomic E-state index is 15.1. The van der Waals surface area contributed by atoms with Crippen LogP contribution >= 0.6 is 11.6 Å². The van der Waals surface area contributed by atoms with Gasteiger partial charge in [-0.3, -0.25) is 0 Å². The predicted octanol–water partition coefficient (Wildman–Crippen LogP) is 4.27. The van der Waals surface area contributed by atoms with Gasteiger partial charge in [0.2, 0.25) is 5.82 Å². The Hall–Kier alpha value is -4.12. The molecule has 1 aromatic heterocycles. The number of aromatic hydroxyl groups is 1. The largest absolute Gasteiger partial charge is 0.508 e. The molecule has 33 heavy (non-hydrogen) atoms. The lowest BCUT2D eigenvalue weighted by molar-refractivity contribution is 0.0672. The summed E-state index contributed by atoms with van der Waals surface area (Å²) >= 11 is 6.02. The zero-order chi connectivity index (χ0) is 23.2. The third-order valence-corrected chi connectivity index (χ3v) is 4.44. The Labute approximate surface area is 191 Å². The van der Waals surface area contributed by atoms with Crippen molar-refractivity contribution in [2.24, 2.45) is 10.3 Å². The number of hydrogen-bond acceptors (Lipinski definition) is 10. The Kier molecular flexibility index (Phi) is 6.69. The molecule has 1 N–H and O–H groups in total. The molecule has 0 atom stereocenters. The van der Waals surface area contributed by atoms with E-state index in [0.717, 1.165) is 6.33 Å². The maximum absolute atomic E-state index is 15.1. The highest BCUT2D eigenvalue weighted by Crippen LogP contribution is 2.35. The number of para-hydroxylation sites is 1. The molecule has 0 fully saturated rings. The van der Waals surface area contributed by atoms with Crippen molar-refractivity contribution in [3.8, 4) is 29.0 Å². The highest BCUT2D eigenvalue weighted by molar-refractivity contribution is 6.45. The molecule has 10 nitrogen and oxygen atoms in total. The van der Waals surface area contributed by atoms with Crippen molar-refractivity contribution >= 4 is 23.2 Å². The van der Waals surface area contributed by atoms with Gasteiger partial charge in [0.1, 0.15) is 37.3 Å². The number of ether oxygens (including phenoxy) is 3. The molecule has 0 bridgehead atoms. The van der Waals surface area contributed by atoms with Crippen molar-refractivity contribution in [3.05, 3.63) is 65.2 Å². The SMILES string of the molecule is CO/N=C(/C1=NOCCO1)c1ccccc1Oc1ncnc(Oc2ccc(O)cc2Cl)c1F. The first-order valence-corrected chi connectivity index (χ1v) is 9.83. The minimum absolute atomic E-state index is 0.0664. The Balaban J connectivity index is 1.66. The quantitative estimate of drug-likeness (QED) is 0.398. The van der Waals surface area contributed by atoms with E-state index < -0.39 is 17.6 Å². The molecular weight excluding hydrogens is 459 g/mol. The summed E-state index contributed by atoms with van der Waals surface area (Å²) in [6, 6.07) is 10.6. The van der Waals surface area contributed by atoms with Gasteiger partial charge in [0.25, 0.3) is 17.7 Å². The first-order valence-electron chi connectivity index (χ1n) is 9.45. The zero-order valence-electron chi connectivity index (χ0n) is 17.1. The second-order valence-electron chi connectivity index (χ2n) is 6.31. The summed E-state index contributed by atoms with van der Waals surface area (Å²) in [5.41, 5.74) is 0.556. The number of phenolic OH excluding ortho intramolecular Hbond substituents is 1. The average molecular weight is 475 g/mol. The fourth-order valence-electron chi connectivity index (χ4n) is 2.73. The van der Waals surface area contributed by atoms with Crippen molar-refractivity contribution in [3.63, 3.8) is 0 Å². The summed E-state index contributed by atoms with van der Waals surface area (Å²) in [5, 5.41) is 17.3. The third-order valence-electron chi connectivity index (χ3n) is 4.14. The van der Waals surface area contributed by atoms with Gasteiger partial charge in [-0.05, 0) is 29.4 Å². The lowest BCUT2D eigenvalue weighted by Gasteiger charge is -2.17. The van der Waals surface area contributed by atoms with E-state index >= 15 is 4.39 Å². The van der Waals surface area contributed by atoms with E-state index in [9.17, 15) is 5.11 Å². The van der Waals surface area contributed by atoms with Crippen LogP contribution in [0.4, 0.5) is 4.39 Å². The number of phenols is 1. The monoisotopic (exact) mass is 474 g/mol. The molecule has 1 aliphatic heterocycles. The molecule has 0 unspecified atom stereocenters. The molecule has 1 aliphatic rings. The van der Waals surface area contributed by atoms with Crippen LogP contribution in [0.1, 0.15) is 5.56 Å². The molecule has 0 amide bonds. The third kappa shape index (κ3) is 5.04. The van der Waals surface area contributed by atoms with Crippen molar-refractivity contribution < 1.29 is 33.4 Å². The summed E-state index contributed by atoms with van der Waals surface area (Å²) in [7, 11) is 1.36.